The molecule has 0 spiro atoms. The average Bonchev–Trinajstić information content (AvgIpc) is 2.38. The predicted octanol–water partition coefficient (Wildman–Crippen LogP) is 3.50. The van der Waals surface area contributed by atoms with Gasteiger partial charge in [-0.1, -0.05) is 12.1 Å². The molecule has 0 saturated heterocycles. The Morgan fingerprint density at radius 1 is 0.850 bits per heavy atom. The van der Waals surface area contributed by atoms with Gasteiger partial charge >= 0.3 is 0 Å². The molecule has 0 aliphatic carbocycles. The zero-order chi connectivity index (χ0) is 14.7. The van der Waals surface area contributed by atoms with Crippen LogP contribution in [0.5, 0.6) is 5.75 Å². The van der Waals surface area contributed by atoms with Crippen molar-refractivity contribution in [2.45, 2.75) is 0 Å². The predicted molar refractivity (Wildman–Crippen MR) is 62.5 cm³/mol. The quantitative estimate of drug-likeness (QED) is 0.634. The summed E-state index contributed by atoms with van der Waals surface area (Å²) >= 11 is 0. The third kappa shape index (κ3) is 2.79. The summed E-state index contributed by atoms with van der Waals surface area (Å²) < 4.78 is 57.8. The van der Waals surface area contributed by atoms with E-state index in [1.165, 1.54) is 0 Å². The number of rotatable bonds is 4. The lowest BCUT2D eigenvalue weighted by atomic mass is 10.1. The van der Waals surface area contributed by atoms with Crippen molar-refractivity contribution in [3.05, 3.63) is 65.2 Å². The molecule has 0 bridgehead atoms. The lowest BCUT2D eigenvalue weighted by molar-refractivity contribution is 0.0907. The van der Waals surface area contributed by atoms with Crippen molar-refractivity contribution in [2.75, 3.05) is 6.61 Å². The molecule has 2 aromatic rings. The SMILES string of the molecule is O=C(COc1c(F)cccc1F)c1c(F)cccc1F. The van der Waals surface area contributed by atoms with Gasteiger partial charge in [0.1, 0.15) is 11.6 Å². The molecule has 0 saturated carbocycles. The molecule has 104 valence electrons. The van der Waals surface area contributed by atoms with Crippen molar-refractivity contribution in [1.29, 1.82) is 0 Å². The molecule has 0 N–H and O–H groups in total. The minimum absolute atomic E-state index is 0.766. The molecular weight excluding hydrogens is 276 g/mol. The molecule has 0 unspecified atom stereocenters. The summed E-state index contributed by atoms with van der Waals surface area (Å²) in [7, 11) is 0. The van der Waals surface area contributed by atoms with E-state index in [4.69, 9.17) is 0 Å². The summed E-state index contributed by atoms with van der Waals surface area (Å²) in [6.07, 6.45) is 0. The molecule has 2 aromatic carbocycles. The monoisotopic (exact) mass is 284 g/mol. The minimum atomic E-state index is -1.06. The maximum absolute atomic E-state index is 13.3. The van der Waals surface area contributed by atoms with Crippen LogP contribution in [-0.2, 0) is 0 Å². The van der Waals surface area contributed by atoms with E-state index in [0.717, 1.165) is 36.4 Å². The zero-order valence-corrected chi connectivity index (χ0v) is 10.00. The van der Waals surface area contributed by atoms with Gasteiger partial charge in [-0.25, -0.2) is 17.6 Å². The van der Waals surface area contributed by atoms with Gasteiger partial charge in [0, 0.05) is 0 Å². The smallest absolute Gasteiger partial charge is 0.206 e. The maximum Gasteiger partial charge on any atom is 0.206 e. The van der Waals surface area contributed by atoms with Crippen LogP contribution in [0, 0.1) is 23.3 Å². The van der Waals surface area contributed by atoms with E-state index in [-0.39, 0.29) is 0 Å². The average molecular weight is 284 g/mol. The largest absolute Gasteiger partial charge is 0.479 e. The van der Waals surface area contributed by atoms with Crippen LogP contribution in [0.15, 0.2) is 36.4 Å². The third-order valence-corrected chi connectivity index (χ3v) is 2.51. The van der Waals surface area contributed by atoms with Crippen LogP contribution >= 0.6 is 0 Å². The van der Waals surface area contributed by atoms with Crippen molar-refractivity contribution >= 4 is 5.78 Å². The van der Waals surface area contributed by atoms with E-state index >= 15 is 0 Å². The Morgan fingerprint density at radius 3 is 1.80 bits per heavy atom. The van der Waals surface area contributed by atoms with Gasteiger partial charge in [-0.3, -0.25) is 4.79 Å². The van der Waals surface area contributed by atoms with Crippen LogP contribution in [0.4, 0.5) is 17.6 Å². The summed E-state index contributed by atoms with van der Waals surface area (Å²) in [5, 5.41) is 0. The van der Waals surface area contributed by atoms with Gasteiger partial charge in [0.15, 0.2) is 24.0 Å². The molecule has 0 aromatic heterocycles. The van der Waals surface area contributed by atoms with Gasteiger partial charge in [0.05, 0.1) is 5.56 Å². The van der Waals surface area contributed by atoms with Crippen molar-refractivity contribution in [3.63, 3.8) is 0 Å². The Balaban J connectivity index is 2.17. The Labute approximate surface area is 111 Å². The van der Waals surface area contributed by atoms with Crippen LogP contribution in [0.2, 0.25) is 0 Å². The standard InChI is InChI=1S/C14H8F4O2/c15-8-3-1-4-9(16)13(8)12(19)7-20-14-10(17)5-2-6-11(14)18/h1-6H,7H2. The van der Waals surface area contributed by atoms with Gasteiger partial charge in [-0.05, 0) is 24.3 Å². The first kappa shape index (κ1) is 14.0. The van der Waals surface area contributed by atoms with E-state index in [0.29, 0.717) is 0 Å². The normalized spacial score (nSPS) is 10.4. The van der Waals surface area contributed by atoms with Crippen LogP contribution in [0.25, 0.3) is 0 Å². The highest BCUT2D eigenvalue weighted by molar-refractivity contribution is 5.97. The molecule has 0 fully saturated rings. The molecule has 0 amide bonds. The fourth-order valence-electron chi connectivity index (χ4n) is 1.59. The first-order valence-corrected chi connectivity index (χ1v) is 5.54. The summed E-state index contributed by atoms with van der Waals surface area (Å²) in [5.74, 6) is -5.96. The summed E-state index contributed by atoms with van der Waals surface area (Å²) in [5.41, 5.74) is -0.802. The maximum atomic E-state index is 13.3. The number of hydrogen-bond donors (Lipinski definition) is 0. The summed E-state index contributed by atoms with van der Waals surface area (Å²) in [4.78, 5) is 11.6. The summed E-state index contributed by atoms with van der Waals surface area (Å²) in [6.45, 7) is -0.879. The number of carbonyl (C=O) groups is 1. The fourth-order valence-corrected chi connectivity index (χ4v) is 1.59. The molecule has 2 rings (SSSR count). The molecule has 0 atom stereocenters. The summed E-state index contributed by atoms with van der Waals surface area (Å²) in [6, 6.07) is 5.90. The van der Waals surface area contributed by atoms with Crippen molar-refractivity contribution < 1.29 is 27.1 Å². The topological polar surface area (TPSA) is 26.3 Å². The first-order valence-electron chi connectivity index (χ1n) is 5.54. The second kappa shape index (κ2) is 5.73. The van der Waals surface area contributed by atoms with Gasteiger partial charge in [0.25, 0.3) is 0 Å². The van der Waals surface area contributed by atoms with E-state index < -0.39 is 47.0 Å². The Kier molecular flexibility index (Phi) is 4.02. The van der Waals surface area contributed by atoms with E-state index in [1.807, 2.05) is 0 Å². The lowest BCUT2D eigenvalue weighted by Gasteiger charge is -2.08. The van der Waals surface area contributed by atoms with Gasteiger partial charge in [0.2, 0.25) is 5.78 Å². The van der Waals surface area contributed by atoms with Crippen LogP contribution in [0.3, 0.4) is 0 Å². The van der Waals surface area contributed by atoms with E-state index in [1.54, 1.807) is 0 Å². The van der Waals surface area contributed by atoms with E-state index in [9.17, 15) is 22.4 Å². The third-order valence-electron chi connectivity index (χ3n) is 2.51. The van der Waals surface area contributed by atoms with E-state index in [2.05, 4.69) is 4.74 Å². The Bertz CT molecular complexity index is 615. The van der Waals surface area contributed by atoms with Crippen LogP contribution < -0.4 is 4.74 Å². The molecule has 2 nitrogen and oxygen atoms in total. The lowest BCUT2D eigenvalue weighted by Crippen LogP contribution is -2.16. The Hall–Kier alpha value is -2.37. The number of carbonyl (C=O) groups excluding carboxylic acids is 1. The second-order valence-corrected chi connectivity index (χ2v) is 3.86. The number of benzene rings is 2. The van der Waals surface area contributed by atoms with Crippen LogP contribution in [0.1, 0.15) is 10.4 Å². The number of ketones is 1. The van der Waals surface area contributed by atoms with Crippen LogP contribution in [-0.4, -0.2) is 12.4 Å². The highest BCUT2D eigenvalue weighted by atomic mass is 19.1. The molecule has 6 heteroatoms. The highest BCUT2D eigenvalue weighted by Crippen LogP contribution is 2.21. The molecule has 0 heterocycles. The van der Waals surface area contributed by atoms with Gasteiger partial charge in [-0.15, -0.1) is 0 Å². The van der Waals surface area contributed by atoms with Crippen molar-refractivity contribution in [3.8, 4) is 5.75 Å². The van der Waals surface area contributed by atoms with Gasteiger partial charge in [-0.2, -0.15) is 0 Å². The van der Waals surface area contributed by atoms with Crippen molar-refractivity contribution in [2.24, 2.45) is 0 Å². The molecule has 0 radical (unpaired) electrons. The Morgan fingerprint density at radius 2 is 1.30 bits per heavy atom. The second-order valence-electron chi connectivity index (χ2n) is 3.86. The number of para-hydroxylation sites is 1. The first-order chi connectivity index (χ1) is 9.50. The minimum Gasteiger partial charge on any atom is -0.479 e. The van der Waals surface area contributed by atoms with Gasteiger partial charge < -0.3 is 4.74 Å². The number of halogens is 4. The molecule has 0 aliphatic heterocycles. The molecule has 0 aliphatic rings. The number of hydrogen-bond acceptors (Lipinski definition) is 2. The molecular formula is C14H8F4O2. The highest BCUT2D eigenvalue weighted by Gasteiger charge is 2.19. The fraction of sp³-hybridized carbons (Fsp3) is 0.0714. The zero-order valence-electron chi connectivity index (χ0n) is 10.00. The number of ether oxygens (including phenoxy) is 1. The molecule has 20 heavy (non-hydrogen) atoms. The number of Topliss-reactive ketones (excluding diaryl/α,β-unsaturated/α-hetero) is 1. The van der Waals surface area contributed by atoms with Crippen molar-refractivity contribution in [1.82, 2.24) is 0 Å².